The number of carboxylic acids is 1. The van der Waals surface area contributed by atoms with Crippen LogP contribution in [0.25, 0.3) is 0 Å². The fourth-order valence-electron chi connectivity index (χ4n) is 5.31. The molecule has 1 aliphatic carbocycles. The van der Waals surface area contributed by atoms with Gasteiger partial charge >= 0.3 is 5.97 Å². The summed E-state index contributed by atoms with van der Waals surface area (Å²) in [6.45, 7) is 2.64. The monoisotopic (exact) mass is 506 g/mol. The average molecular weight is 507 g/mol. The van der Waals surface area contributed by atoms with E-state index in [0.29, 0.717) is 40.9 Å². The highest BCUT2D eigenvalue weighted by molar-refractivity contribution is 5.78. The van der Waals surface area contributed by atoms with Crippen LogP contribution >= 0.6 is 0 Å². The van der Waals surface area contributed by atoms with Crippen molar-refractivity contribution in [2.45, 2.75) is 25.2 Å². The normalized spacial score (nSPS) is 19.4. The molecule has 2 N–H and O–H groups in total. The van der Waals surface area contributed by atoms with E-state index in [2.05, 4.69) is 0 Å². The zero-order valence-corrected chi connectivity index (χ0v) is 20.8. The maximum Gasteiger partial charge on any atom is 0.308 e. The maximum absolute atomic E-state index is 13.0. The molecule has 1 aliphatic heterocycles. The molecule has 5 rings (SSSR count). The Balaban J connectivity index is 1.69. The summed E-state index contributed by atoms with van der Waals surface area (Å²) in [7, 11) is 1.56. The number of methoxy groups -OCH3 is 1. The number of benzene rings is 3. The lowest BCUT2D eigenvalue weighted by atomic mass is 9.79. The molecule has 0 saturated heterocycles. The molecule has 0 radical (unpaired) electrons. The minimum Gasteiger partial charge on any atom is -0.497 e. The van der Waals surface area contributed by atoms with Crippen LogP contribution in [0.3, 0.4) is 0 Å². The molecular formula is C29H30O8. The topological polar surface area (TPSA) is 104 Å². The second kappa shape index (κ2) is 10.6. The SMILES string of the molecule is CCCOc1ccc2c(c1)C(c1ccc(OC)cc1OCCO)C(C(=O)O)[C@H]2c1ccc2c(c1)OCO2. The Morgan fingerprint density at radius 2 is 1.68 bits per heavy atom. The lowest BCUT2D eigenvalue weighted by Gasteiger charge is -2.25. The fourth-order valence-corrected chi connectivity index (χ4v) is 5.31. The minimum absolute atomic E-state index is 0.0721. The molecule has 3 aromatic rings. The number of aliphatic hydroxyl groups is 1. The van der Waals surface area contributed by atoms with Gasteiger partial charge in [-0.05, 0) is 53.4 Å². The Bertz CT molecular complexity index is 1290. The Hall–Kier alpha value is -3.91. The first-order valence-corrected chi connectivity index (χ1v) is 12.4. The first-order chi connectivity index (χ1) is 18.0. The van der Waals surface area contributed by atoms with Gasteiger partial charge in [0, 0.05) is 23.5 Å². The van der Waals surface area contributed by atoms with Gasteiger partial charge in [-0.3, -0.25) is 4.79 Å². The van der Waals surface area contributed by atoms with Gasteiger partial charge < -0.3 is 33.9 Å². The van der Waals surface area contributed by atoms with Gasteiger partial charge in [0.05, 0.1) is 26.2 Å². The van der Waals surface area contributed by atoms with Crippen LogP contribution < -0.4 is 23.7 Å². The zero-order valence-electron chi connectivity index (χ0n) is 20.8. The lowest BCUT2D eigenvalue weighted by molar-refractivity contribution is -0.142. The number of hydrogen-bond acceptors (Lipinski definition) is 7. The summed E-state index contributed by atoms with van der Waals surface area (Å²) in [4.78, 5) is 13.0. The van der Waals surface area contributed by atoms with Crippen LogP contribution in [0.2, 0.25) is 0 Å². The largest absolute Gasteiger partial charge is 0.497 e. The van der Waals surface area contributed by atoms with E-state index in [9.17, 15) is 15.0 Å². The predicted octanol–water partition coefficient (Wildman–Crippen LogP) is 4.56. The van der Waals surface area contributed by atoms with Crippen molar-refractivity contribution < 1.29 is 38.7 Å². The summed E-state index contributed by atoms with van der Waals surface area (Å²) in [6.07, 6.45) is 0.857. The van der Waals surface area contributed by atoms with Crippen LogP contribution in [0.15, 0.2) is 54.6 Å². The summed E-state index contributed by atoms with van der Waals surface area (Å²) in [5, 5.41) is 20.0. The van der Waals surface area contributed by atoms with Gasteiger partial charge in [-0.2, -0.15) is 0 Å². The van der Waals surface area contributed by atoms with Crippen molar-refractivity contribution in [3.05, 3.63) is 76.9 Å². The molecule has 0 aromatic heterocycles. The highest BCUT2D eigenvalue weighted by Crippen LogP contribution is 2.56. The van der Waals surface area contributed by atoms with Crippen molar-refractivity contribution in [1.29, 1.82) is 0 Å². The van der Waals surface area contributed by atoms with Crippen molar-refractivity contribution in [1.82, 2.24) is 0 Å². The molecule has 0 fully saturated rings. The smallest absolute Gasteiger partial charge is 0.308 e. The first kappa shape index (κ1) is 24.8. The van der Waals surface area contributed by atoms with Crippen LogP contribution in [0, 0.1) is 5.92 Å². The van der Waals surface area contributed by atoms with E-state index in [-0.39, 0.29) is 20.0 Å². The van der Waals surface area contributed by atoms with Gasteiger partial charge in [0.15, 0.2) is 11.5 Å². The van der Waals surface area contributed by atoms with Crippen LogP contribution in [0.4, 0.5) is 0 Å². The summed E-state index contributed by atoms with van der Waals surface area (Å²) in [5.74, 6) is 0.246. The molecule has 1 heterocycles. The molecule has 2 aliphatic rings. The van der Waals surface area contributed by atoms with Gasteiger partial charge in [-0.15, -0.1) is 0 Å². The molecule has 0 spiro atoms. The van der Waals surface area contributed by atoms with E-state index in [1.807, 2.05) is 49.4 Å². The number of aliphatic hydroxyl groups excluding tert-OH is 1. The number of rotatable bonds is 10. The fraction of sp³-hybridized carbons (Fsp3) is 0.345. The molecule has 0 saturated carbocycles. The number of ether oxygens (including phenoxy) is 5. The van der Waals surface area contributed by atoms with Crippen LogP contribution in [-0.2, 0) is 4.79 Å². The summed E-state index contributed by atoms with van der Waals surface area (Å²) in [6, 6.07) is 16.8. The maximum atomic E-state index is 13.0. The Kier molecular flexibility index (Phi) is 7.10. The second-order valence-electron chi connectivity index (χ2n) is 9.05. The van der Waals surface area contributed by atoms with Gasteiger partial charge in [-0.1, -0.05) is 25.1 Å². The van der Waals surface area contributed by atoms with Gasteiger partial charge in [0.25, 0.3) is 0 Å². The summed E-state index contributed by atoms with van der Waals surface area (Å²) >= 11 is 0. The third-order valence-corrected chi connectivity index (χ3v) is 6.86. The molecule has 194 valence electrons. The molecule has 0 bridgehead atoms. The first-order valence-electron chi connectivity index (χ1n) is 12.4. The number of aliphatic carboxylic acids is 1. The van der Waals surface area contributed by atoms with E-state index < -0.39 is 23.7 Å². The van der Waals surface area contributed by atoms with Crippen molar-refractivity contribution in [2.75, 3.05) is 33.7 Å². The molecule has 2 unspecified atom stereocenters. The zero-order chi connectivity index (χ0) is 25.9. The van der Waals surface area contributed by atoms with Crippen molar-refractivity contribution in [3.63, 3.8) is 0 Å². The Labute approximate surface area is 215 Å². The number of fused-ring (bicyclic) bond motifs is 2. The highest BCUT2D eigenvalue weighted by Gasteiger charge is 2.48. The van der Waals surface area contributed by atoms with E-state index in [0.717, 1.165) is 23.1 Å². The van der Waals surface area contributed by atoms with E-state index in [4.69, 9.17) is 23.7 Å². The van der Waals surface area contributed by atoms with Gasteiger partial charge in [0.2, 0.25) is 6.79 Å². The Morgan fingerprint density at radius 3 is 2.43 bits per heavy atom. The van der Waals surface area contributed by atoms with Crippen LogP contribution in [-0.4, -0.2) is 49.9 Å². The van der Waals surface area contributed by atoms with E-state index in [1.54, 1.807) is 19.2 Å². The minimum atomic E-state index is -0.927. The van der Waals surface area contributed by atoms with Crippen LogP contribution in [0.1, 0.15) is 47.4 Å². The number of carbonyl (C=O) groups is 1. The Morgan fingerprint density at radius 1 is 0.892 bits per heavy atom. The molecule has 37 heavy (non-hydrogen) atoms. The van der Waals surface area contributed by atoms with Gasteiger partial charge in [0.1, 0.15) is 23.9 Å². The summed E-state index contributed by atoms with van der Waals surface area (Å²) < 4.78 is 28.3. The lowest BCUT2D eigenvalue weighted by Crippen LogP contribution is -2.24. The molecule has 3 aromatic carbocycles. The molecular weight excluding hydrogens is 476 g/mol. The van der Waals surface area contributed by atoms with E-state index in [1.165, 1.54) is 0 Å². The molecule has 8 heteroatoms. The number of hydrogen-bond donors (Lipinski definition) is 2. The standard InChI is InChI=1S/C29H30O8/c1-3-11-34-19-6-7-20-22(14-19)27(21-8-5-18(33-2)15-24(21)35-12-10-30)28(29(31)32)26(20)17-4-9-23-25(13-17)37-16-36-23/h4-9,13-15,26-28,30H,3,10-12,16H2,1-2H3,(H,31,32)/t26-,27?,28?/m0/s1. The molecule has 0 amide bonds. The van der Waals surface area contributed by atoms with Crippen molar-refractivity contribution in [2.24, 2.45) is 5.92 Å². The third kappa shape index (κ3) is 4.64. The quantitative estimate of drug-likeness (QED) is 0.413. The molecule has 8 nitrogen and oxygen atoms in total. The van der Waals surface area contributed by atoms with Crippen LogP contribution in [0.5, 0.6) is 28.7 Å². The summed E-state index contributed by atoms with van der Waals surface area (Å²) in [5.41, 5.74) is 3.31. The van der Waals surface area contributed by atoms with Crippen molar-refractivity contribution >= 4 is 5.97 Å². The van der Waals surface area contributed by atoms with Gasteiger partial charge in [-0.25, -0.2) is 0 Å². The predicted molar refractivity (Wildman–Crippen MR) is 135 cm³/mol. The van der Waals surface area contributed by atoms with Crippen molar-refractivity contribution in [3.8, 4) is 28.7 Å². The highest BCUT2D eigenvalue weighted by atomic mass is 16.7. The third-order valence-electron chi connectivity index (χ3n) is 6.86. The molecule has 3 atom stereocenters. The number of carboxylic acid groups (broad SMARTS) is 1. The van der Waals surface area contributed by atoms with E-state index >= 15 is 0 Å². The second-order valence-corrected chi connectivity index (χ2v) is 9.05. The average Bonchev–Trinajstić information content (AvgIpc) is 3.52.